The van der Waals surface area contributed by atoms with Crippen LogP contribution in [0.2, 0.25) is 0 Å². The van der Waals surface area contributed by atoms with E-state index in [1.807, 2.05) is 18.5 Å². The molecule has 0 bridgehead atoms. The summed E-state index contributed by atoms with van der Waals surface area (Å²) in [6, 6.07) is 0. The molecule has 1 atom stereocenters. The minimum Gasteiger partial charge on any atom is -0.309 e. The van der Waals surface area contributed by atoms with E-state index in [2.05, 4.69) is 10.2 Å². The van der Waals surface area contributed by atoms with Crippen molar-refractivity contribution in [2.75, 3.05) is 0 Å². The number of hydrogen-bond acceptors (Lipinski definition) is 4. The minimum atomic E-state index is 0.376. The van der Waals surface area contributed by atoms with E-state index in [0.29, 0.717) is 17.5 Å². The van der Waals surface area contributed by atoms with Gasteiger partial charge >= 0.3 is 0 Å². The van der Waals surface area contributed by atoms with Crippen LogP contribution in [0.15, 0.2) is 5.16 Å². The largest absolute Gasteiger partial charge is 0.309 e. The first-order chi connectivity index (χ1) is 6.66. The molecule has 0 spiro atoms. The summed E-state index contributed by atoms with van der Waals surface area (Å²) in [5, 5.41) is 9.38. The molecular weight excluding hydrogens is 198 g/mol. The van der Waals surface area contributed by atoms with Crippen molar-refractivity contribution in [2.24, 2.45) is 7.05 Å². The number of ketones is 1. The number of thioether (sulfide) groups is 1. The molecule has 1 saturated carbocycles. The summed E-state index contributed by atoms with van der Waals surface area (Å²) in [4.78, 5) is 11.1. The molecule has 4 nitrogen and oxygen atoms in total. The fourth-order valence-electron chi connectivity index (χ4n) is 1.52. The molecule has 0 radical (unpaired) electrons. The van der Waals surface area contributed by atoms with E-state index in [0.717, 1.165) is 23.8 Å². The molecule has 76 valence electrons. The van der Waals surface area contributed by atoms with Gasteiger partial charge in [-0.3, -0.25) is 4.79 Å². The van der Waals surface area contributed by atoms with Gasteiger partial charge < -0.3 is 4.57 Å². The first kappa shape index (κ1) is 9.71. The van der Waals surface area contributed by atoms with Crippen molar-refractivity contribution in [1.82, 2.24) is 14.8 Å². The molecule has 14 heavy (non-hydrogen) atoms. The Morgan fingerprint density at radius 2 is 2.29 bits per heavy atom. The maximum Gasteiger partial charge on any atom is 0.191 e. The van der Waals surface area contributed by atoms with Gasteiger partial charge in [0.05, 0.1) is 0 Å². The zero-order chi connectivity index (χ0) is 10.1. The third-order valence-corrected chi connectivity index (χ3v) is 3.83. The molecule has 0 saturated heterocycles. The molecule has 1 aromatic rings. The maximum absolute atomic E-state index is 11.1. The van der Waals surface area contributed by atoms with Crippen molar-refractivity contribution >= 4 is 17.5 Å². The molecular formula is C9H13N3OS. The van der Waals surface area contributed by atoms with Crippen LogP contribution in [0.5, 0.6) is 0 Å². The van der Waals surface area contributed by atoms with Gasteiger partial charge in [0, 0.05) is 25.1 Å². The second-order valence-corrected chi connectivity index (χ2v) is 4.88. The van der Waals surface area contributed by atoms with Gasteiger partial charge in [0.25, 0.3) is 0 Å². The van der Waals surface area contributed by atoms with Crippen molar-refractivity contribution in [1.29, 1.82) is 0 Å². The van der Waals surface area contributed by atoms with Crippen LogP contribution in [0.25, 0.3) is 0 Å². The van der Waals surface area contributed by atoms with Gasteiger partial charge in [-0.05, 0) is 13.3 Å². The number of Topliss-reactive ketones (excluding diaryl/α,β-unsaturated/α-hetero) is 1. The van der Waals surface area contributed by atoms with Gasteiger partial charge in [0.2, 0.25) is 0 Å². The fourth-order valence-corrected chi connectivity index (χ4v) is 2.70. The van der Waals surface area contributed by atoms with E-state index < -0.39 is 0 Å². The summed E-state index contributed by atoms with van der Waals surface area (Å²) in [6.45, 7) is 1.93. The average Bonchev–Trinajstić information content (AvgIpc) is 2.67. The highest BCUT2D eigenvalue weighted by Gasteiger charge is 2.24. The van der Waals surface area contributed by atoms with Crippen LogP contribution in [0.1, 0.15) is 25.1 Å². The molecule has 1 fully saturated rings. The number of aromatic nitrogens is 3. The smallest absolute Gasteiger partial charge is 0.191 e. The van der Waals surface area contributed by atoms with Gasteiger partial charge in [-0.25, -0.2) is 0 Å². The van der Waals surface area contributed by atoms with Gasteiger partial charge in [0.1, 0.15) is 11.6 Å². The molecule has 1 aromatic heterocycles. The second kappa shape index (κ2) is 3.73. The monoisotopic (exact) mass is 211 g/mol. The molecule has 0 N–H and O–H groups in total. The molecule has 0 aliphatic heterocycles. The SMILES string of the molecule is Cc1nnc(SC2CCC(=O)C2)n1C. The Labute approximate surface area is 87.1 Å². The zero-order valence-corrected chi connectivity index (χ0v) is 9.17. The summed E-state index contributed by atoms with van der Waals surface area (Å²) in [5.41, 5.74) is 0. The molecule has 1 aliphatic rings. The second-order valence-electron chi connectivity index (χ2n) is 3.61. The van der Waals surface area contributed by atoms with Crippen LogP contribution in [0.3, 0.4) is 0 Å². The lowest BCUT2D eigenvalue weighted by Crippen LogP contribution is -2.00. The number of hydrogen-bond donors (Lipinski definition) is 0. The van der Waals surface area contributed by atoms with Crippen LogP contribution in [0.4, 0.5) is 0 Å². The van der Waals surface area contributed by atoms with Crippen LogP contribution in [0, 0.1) is 6.92 Å². The Bertz CT molecular complexity index is 361. The van der Waals surface area contributed by atoms with Gasteiger partial charge in [-0.1, -0.05) is 11.8 Å². The van der Waals surface area contributed by atoms with E-state index in [9.17, 15) is 4.79 Å². The third-order valence-electron chi connectivity index (χ3n) is 2.53. The van der Waals surface area contributed by atoms with Crippen molar-refractivity contribution in [3.63, 3.8) is 0 Å². The van der Waals surface area contributed by atoms with E-state index >= 15 is 0 Å². The van der Waals surface area contributed by atoms with Crippen LogP contribution < -0.4 is 0 Å². The number of aryl methyl sites for hydroxylation is 1. The summed E-state index contributed by atoms with van der Waals surface area (Å²) in [7, 11) is 1.95. The van der Waals surface area contributed by atoms with E-state index in [-0.39, 0.29) is 0 Å². The van der Waals surface area contributed by atoms with Gasteiger partial charge in [-0.15, -0.1) is 10.2 Å². The van der Waals surface area contributed by atoms with Gasteiger partial charge in [0.15, 0.2) is 5.16 Å². The number of carbonyl (C=O) groups is 1. The van der Waals surface area contributed by atoms with Crippen molar-refractivity contribution < 1.29 is 4.79 Å². The Balaban J connectivity index is 2.04. The first-order valence-electron chi connectivity index (χ1n) is 4.71. The summed E-state index contributed by atoms with van der Waals surface area (Å²) >= 11 is 1.67. The Hall–Kier alpha value is -0.840. The molecule has 1 heterocycles. The van der Waals surface area contributed by atoms with Crippen molar-refractivity contribution in [3.8, 4) is 0 Å². The molecule has 5 heteroatoms. The standard InChI is InChI=1S/C9H13N3OS/c1-6-10-11-9(12(6)2)14-8-4-3-7(13)5-8/h8H,3-5H2,1-2H3. The number of carbonyl (C=O) groups excluding carboxylic acids is 1. The first-order valence-corrected chi connectivity index (χ1v) is 5.59. The van der Waals surface area contributed by atoms with Crippen LogP contribution in [-0.4, -0.2) is 25.8 Å². The Morgan fingerprint density at radius 3 is 2.79 bits per heavy atom. The molecule has 0 aromatic carbocycles. The fraction of sp³-hybridized carbons (Fsp3) is 0.667. The summed E-state index contributed by atoms with van der Waals surface area (Å²) in [6.07, 6.45) is 2.40. The third kappa shape index (κ3) is 1.82. The van der Waals surface area contributed by atoms with E-state index in [1.165, 1.54) is 0 Å². The van der Waals surface area contributed by atoms with E-state index in [4.69, 9.17) is 0 Å². The molecule has 0 amide bonds. The van der Waals surface area contributed by atoms with Gasteiger partial charge in [-0.2, -0.15) is 0 Å². The lowest BCUT2D eigenvalue weighted by molar-refractivity contribution is -0.117. The Morgan fingerprint density at radius 1 is 1.50 bits per heavy atom. The predicted molar refractivity (Wildman–Crippen MR) is 54.2 cm³/mol. The minimum absolute atomic E-state index is 0.376. The number of nitrogens with zero attached hydrogens (tertiary/aromatic N) is 3. The quantitative estimate of drug-likeness (QED) is 0.740. The van der Waals surface area contributed by atoms with Crippen molar-refractivity contribution in [2.45, 2.75) is 36.6 Å². The lowest BCUT2D eigenvalue weighted by Gasteiger charge is -2.06. The summed E-state index contributed by atoms with van der Waals surface area (Å²) in [5.74, 6) is 1.29. The lowest BCUT2D eigenvalue weighted by atomic mass is 10.4. The molecule has 1 unspecified atom stereocenters. The topological polar surface area (TPSA) is 47.8 Å². The predicted octanol–water partition coefficient (Wildman–Crippen LogP) is 1.34. The maximum atomic E-state index is 11.1. The highest BCUT2D eigenvalue weighted by atomic mass is 32.2. The average molecular weight is 211 g/mol. The number of rotatable bonds is 2. The highest BCUT2D eigenvalue weighted by Crippen LogP contribution is 2.31. The van der Waals surface area contributed by atoms with E-state index in [1.54, 1.807) is 11.8 Å². The summed E-state index contributed by atoms with van der Waals surface area (Å²) < 4.78 is 1.97. The van der Waals surface area contributed by atoms with Crippen molar-refractivity contribution in [3.05, 3.63) is 5.82 Å². The van der Waals surface area contributed by atoms with Crippen LogP contribution >= 0.6 is 11.8 Å². The normalized spacial score (nSPS) is 21.9. The molecule has 1 aliphatic carbocycles. The zero-order valence-electron chi connectivity index (χ0n) is 8.36. The highest BCUT2D eigenvalue weighted by molar-refractivity contribution is 7.99. The Kier molecular flexibility index (Phi) is 2.58. The van der Waals surface area contributed by atoms with Crippen LogP contribution in [-0.2, 0) is 11.8 Å². The molecule has 2 rings (SSSR count).